The number of nitrogens with one attached hydrogen (secondary N) is 2. The molecule has 108 valence electrons. The molecular formula is C15H16N4O2. The normalized spacial score (nSPS) is 9.95. The Hall–Kier alpha value is -2.86. The summed E-state index contributed by atoms with van der Waals surface area (Å²) in [4.78, 5) is 22.3. The number of rotatable bonds is 4. The van der Waals surface area contributed by atoms with Gasteiger partial charge >= 0.3 is 6.03 Å². The number of carbonyl (C=O) groups is 2. The Kier molecular flexibility index (Phi) is 4.53. The predicted octanol–water partition coefficient (Wildman–Crippen LogP) is 1.37. The van der Waals surface area contributed by atoms with Crippen molar-refractivity contribution in [1.82, 2.24) is 5.43 Å². The van der Waals surface area contributed by atoms with Crippen molar-refractivity contribution in [2.75, 3.05) is 5.32 Å². The van der Waals surface area contributed by atoms with Crippen LogP contribution in [0, 0.1) is 0 Å². The fourth-order valence-corrected chi connectivity index (χ4v) is 2.01. The van der Waals surface area contributed by atoms with Gasteiger partial charge in [0.2, 0.25) is 0 Å². The van der Waals surface area contributed by atoms with Crippen molar-refractivity contribution in [2.24, 2.45) is 11.6 Å². The molecule has 6 N–H and O–H groups in total. The van der Waals surface area contributed by atoms with Crippen LogP contribution in [0.3, 0.4) is 0 Å². The van der Waals surface area contributed by atoms with E-state index in [1.807, 2.05) is 30.3 Å². The highest BCUT2D eigenvalue weighted by molar-refractivity contribution is 5.93. The molecule has 2 aromatic carbocycles. The molecule has 0 aliphatic heterocycles. The largest absolute Gasteiger partial charge is 0.351 e. The van der Waals surface area contributed by atoms with Gasteiger partial charge in [-0.25, -0.2) is 10.6 Å². The minimum atomic E-state index is -0.600. The summed E-state index contributed by atoms with van der Waals surface area (Å²) in [7, 11) is 0. The van der Waals surface area contributed by atoms with E-state index in [2.05, 4.69) is 10.7 Å². The Bertz CT molecular complexity index is 653. The highest BCUT2D eigenvalue weighted by atomic mass is 16.2. The van der Waals surface area contributed by atoms with E-state index in [1.165, 1.54) is 0 Å². The second-order valence-corrected chi connectivity index (χ2v) is 4.49. The fourth-order valence-electron chi connectivity index (χ4n) is 2.01. The monoisotopic (exact) mass is 284 g/mol. The molecule has 0 unspecified atom stereocenters. The fraction of sp³-hybridized carbons (Fsp3) is 0.0667. The lowest BCUT2D eigenvalue weighted by Gasteiger charge is -2.10. The average molecular weight is 284 g/mol. The highest BCUT2D eigenvalue weighted by Crippen LogP contribution is 2.19. The Labute approximate surface area is 122 Å². The molecule has 21 heavy (non-hydrogen) atoms. The van der Waals surface area contributed by atoms with E-state index < -0.39 is 6.03 Å². The molecule has 0 saturated heterocycles. The van der Waals surface area contributed by atoms with E-state index in [1.54, 1.807) is 18.2 Å². The van der Waals surface area contributed by atoms with Crippen LogP contribution in [-0.4, -0.2) is 11.9 Å². The van der Waals surface area contributed by atoms with Crippen LogP contribution < -0.4 is 22.3 Å². The maximum Gasteiger partial charge on any atom is 0.316 e. The third kappa shape index (κ3) is 3.80. The Balaban J connectivity index is 2.18. The standard InChI is InChI=1S/C15H16N4O2/c16-15(21)18-13-4-2-1-3-12(13)9-10-5-7-11(8-6-10)14(20)19-17/h1-8H,9,17H2,(H,19,20)(H3,16,18,21). The molecular weight excluding hydrogens is 268 g/mol. The molecule has 0 fully saturated rings. The first kappa shape index (κ1) is 14.5. The number of hydrazine groups is 1. The summed E-state index contributed by atoms with van der Waals surface area (Å²) in [6.07, 6.45) is 0.612. The van der Waals surface area contributed by atoms with Gasteiger partial charge in [0.25, 0.3) is 5.91 Å². The lowest BCUT2D eigenvalue weighted by molar-refractivity contribution is 0.0953. The zero-order valence-electron chi connectivity index (χ0n) is 11.3. The van der Waals surface area contributed by atoms with Gasteiger partial charge in [0.05, 0.1) is 0 Å². The molecule has 0 spiro atoms. The number of carbonyl (C=O) groups excluding carboxylic acids is 2. The predicted molar refractivity (Wildman–Crippen MR) is 80.5 cm³/mol. The smallest absolute Gasteiger partial charge is 0.316 e. The van der Waals surface area contributed by atoms with Crippen LogP contribution in [-0.2, 0) is 6.42 Å². The summed E-state index contributed by atoms with van der Waals surface area (Å²) in [5, 5.41) is 2.59. The third-order valence-corrected chi connectivity index (χ3v) is 3.02. The van der Waals surface area contributed by atoms with Crippen LogP contribution in [0.5, 0.6) is 0 Å². The summed E-state index contributed by atoms with van der Waals surface area (Å²) in [6, 6.07) is 13.9. The number of benzene rings is 2. The summed E-state index contributed by atoms with van der Waals surface area (Å²) in [5.74, 6) is 4.74. The van der Waals surface area contributed by atoms with Gasteiger partial charge < -0.3 is 11.1 Å². The maximum atomic E-state index is 11.4. The third-order valence-electron chi connectivity index (χ3n) is 3.02. The molecule has 2 aromatic rings. The van der Waals surface area contributed by atoms with Gasteiger partial charge in [-0.2, -0.15) is 0 Å². The minimum absolute atomic E-state index is 0.336. The molecule has 0 saturated carbocycles. The number of nitrogen functional groups attached to an aromatic ring is 1. The molecule has 3 amide bonds. The van der Waals surface area contributed by atoms with Crippen LogP contribution in [0.25, 0.3) is 0 Å². The van der Waals surface area contributed by atoms with Crippen LogP contribution in [0.15, 0.2) is 48.5 Å². The zero-order valence-corrected chi connectivity index (χ0v) is 11.3. The van der Waals surface area contributed by atoms with E-state index in [4.69, 9.17) is 11.6 Å². The van der Waals surface area contributed by atoms with Crippen molar-refractivity contribution in [3.05, 3.63) is 65.2 Å². The molecule has 0 atom stereocenters. The first-order valence-electron chi connectivity index (χ1n) is 6.34. The van der Waals surface area contributed by atoms with Gasteiger partial charge in [0.15, 0.2) is 0 Å². The summed E-state index contributed by atoms with van der Waals surface area (Å²) >= 11 is 0. The second-order valence-electron chi connectivity index (χ2n) is 4.49. The van der Waals surface area contributed by atoms with Gasteiger partial charge in [-0.1, -0.05) is 30.3 Å². The van der Waals surface area contributed by atoms with Gasteiger partial charge in [-0.05, 0) is 35.7 Å². The molecule has 6 nitrogen and oxygen atoms in total. The highest BCUT2D eigenvalue weighted by Gasteiger charge is 2.06. The quantitative estimate of drug-likeness (QED) is 0.386. The van der Waals surface area contributed by atoms with E-state index >= 15 is 0 Å². The minimum Gasteiger partial charge on any atom is -0.351 e. The van der Waals surface area contributed by atoms with Crippen LogP contribution in [0.2, 0.25) is 0 Å². The molecule has 0 heterocycles. The number of para-hydroxylation sites is 1. The van der Waals surface area contributed by atoms with Crippen molar-refractivity contribution in [3.63, 3.8) is 0 Å². The van der Waals surface area contributed by atoms with Crippen molar-refractivity contribution in [3.8, 4) is 0 Å². The number of hydrogen-bond acceptors (Lipinski definition) is 3. The van der Waals surface area contributed by atoms with E-state index in [0.29, 0.717) is 17.7 Å². The van der Waals surface area contributed by atoms with Crippen molar-refractivity contribution in [2.45, 2.75) is 6.42 Å². The first-order valence-corrected chi connectivity index (χ1v) is 6.34. The van der Waals surface area contributed by atoms with Gasteiger partial charge in [0, 0.05) is 11.3 Å². The summed E-state index contributed by atoms with van der Waals surface area (Å²) in [6.45, 7) is 0. The number of hydrogen-bond donors (Lipinski definition) is 4. The lowest BCUT2D eigenvalue weighted by Crippen LogP contribution is -2.29. The van der Waals surface area contributed by atoms with Crippen LogP contribution in [0.1, 0.15) is 21.5 Å². The summed E-state index contributed by atoms with van der Waals surface area (Å²) in [5.41, 5.74) is 10.3. The number of primary amides is 1. The van der Waals surface area contributed by atoms with E-state index in [9.17, 15) is 9.59 Å². The zero-order chi connectivity index (χ0) is 15.2. The SMILES string of the molecule is NNC(=O)c1ccc(Cc2ccccc2NC(N)=O)cc1. The van der Waals surface area contributed by atoms with Crippen molar-refractivity contribution >= 4 is 17.6 Å². The number of urea groups is 1. The maximum absolute atomic E-state index is 11.4. The molecule has 6 heteroatoms. The van der Waals surface area contributed by atoms with Gasteiger partial charge in [-0.15, -0.1) is 0 Å². The summed E-state index contributed by atoms with van der Waals surface area (Å²) < 4.78 is 0. The Morgan fingerprint density at radius 1 is 1.00 bits per heavy atom. The Morgan fingerprint density at radius 2 is 1.67 bits per heavy atom. The van der Waals surface area contributed by atoms with Crippen molar-refractivity contribution < 1.29 is 9.59 Å². The molecule has 2 rings (SSSR count). The molecule has 0 aromatic heterocycles. The molecule has 0 bridgehead atoms. The number of anilines is 1. The van der Waals surface area contributed by atoms with Gasteiger partial charge in [-0.3, -0.25) is 10.2 Å². The topological polar surface area (TPSA) is 110 Å². The van der Waals surface area contributed by atoms with Crippen LogP contribution in [0.4, 0.5) is 10.5 Å². The number of amides is 3. The number of nitrogens with two attached hydrogens (primary N) is 2. The van der Waals surface area contributed by atoms with Crippen molar-refractivity contribution in [1.29, 1.82) is 0 Å². The second kappa shape index (κ2) is 6.53. The Morgan fingerprint density at radius 3 is 2.29 bits per heavy atom. The van der Waals surface area contributed by atoms with E-state index in [-0.39, 0.29) is 5.91 Å². The van der Waals surface area contributed by atoms with E-state index in [0.717, 1.165) is 11.1 Å². The average Bonchev–Trinajstić information content (AvgIpc) is 2.49. The van der Waals surface area contributed by atoms with Crippen LogP contribution >= 0.6 is 0 Å². The first-order chi connectivity index (χ1) is 10.1. The molecule has 0 aliphatic carbocycles. The molecule has 0 radical (unpaired) electrons. The molecule has 0 aliphatic rings. The van der Waals surface area contributed by atoms with Gasteiger partial charge in [0.1, 0.15) is 0 Å². The lowest BCUT2D eigenvalue weighted by atomic mass is 10.0.